The molecule has 30 heavy (non-hydrogen) atoms. The fourth-order valence-electron chi connectivity index (χ4n) is 2.91. The molecule has 1 heterocycles. The number of halogens is 3. The summed E-state index contributed by atoms with van der Waals surface area (Å²) >= 11 is 0. The Bertz CT molecular complexity index is 978. The van der Waals surface area contributed by atoms with Crippen molar-refractivity contribution in [3.05, 3.63) is 54.1 Å². The summed E-state index contributed by atoms with van der Waals surface area (Å²) in [6, 6.07) is 12.3. The van der Waals surface area contributed by atoms with E-state index in [1.807, 2.05) is 0 Å². The summed E-state index contributed by atoms with van der Waals surface area (Å²) in [5, 5.41) is 4.33. The van der Waals surface area contributed by atoms with Gasteiger partial charge >= 0.3 is 6.18 Å². The zero-order valence-corrected chi connectivity index (χ0v) is 15.8. The van der Waals surface area contributed by atoms with E-state index >= 15 is 0 Å². The molecule has 2 N–H and O–H groups in total. The van der Waals surface area contributed by atoms with Gasteiger partial charge in [-0.25, -0.2) is 0 Å². The van der Waals surface area contributed by atoms with Gasteiger partial charge in [-0.15, -0.1) is 0 Å². The maximum Gasteiger partial charge on any atom is 0.405 e. The molecule has 2 aromatic carbocycles. The molecule has 0 aliphatic carbocycles. The highest BCUT2D eigenvalue weighted by Crippen LogP contribution is 2.33. The molecular weight excluding hydrogens is 403 g/mol. The molecule has 10 heteroatoms. The van der Waals surface area contributed by atoms with Gasteiger partial charge in [0.15, 0.2) is 6.10 Å². The Morgan fingerprint density at radius 1 is 1.13 bits per heavy atom. The monoisotopic (exact) mass is 421 g/mol. The predicted octanol–water partition coefficient (Wildman–Crippen LogP) is 2.73. The van der Waals surface area contributed by atoms with Gasteiger partial charge in [0.25, 0.3) is 11.8 Å². The molecule has 0 radical (unpaired) electrons. The molecule has 3 amide bonds. The van der Waals surface area contributed by atoms with Crippen LogP contribution in [0.3, 0.4) is 0 Å². The Morgan fingerprint density at radius 2 is 1.87 bits per heavy atom. The second kappa shape index (κ2) is 8.44. The van der Waals surface area contributed by atoms with Gasteiger partial charge in [-0.05, 0) is 30.3 Å². The van der Waals surface area contributed by atoms with E-state index in [-0.39, 0.29) is 23.7 Å². The molecule has 0 bridgehead atoms. The van der Waals surface area contributed by atoms with Crippen LogP contribution in [0.4, 0.5) is 24.5 Å². The van der Waals surface area contributed by atoms with E-state index in [9.17, 15) is 27.6 Å². The Kier molecular flexibility index (Phi) is 5.95. The summed E-state index contributed by atoms with van der Waals surface area (Å²) in [6.07, 6.45) is -5.54. The second-order valence-electron chi connectivity index (χ2n) is 6.57. The van der Waals surface area contributed by atoms with Crippen molar-refractivity contribution in [2.45, 2.75) is 19.2 Å². The number of ether oxygens (including phenoxy) is 1. The van der Waals surface area contributed by atoms with Crippen molar-refractivity contribution in [3.63, 3.8) is 0 Å². The number of nitrogens with one attached hydrogen (secondary N) is 2. The van der Waals surface area contributed by atoms with E-state index in [4.69, 9.17) is 4.74 Å². The molecule has 3 rings (SSSR count). The highest BCUT2D eigenvalue weighted by Gasteiger charge is 2.32. The zero-order chi connectivity index (χ0) is 21.9. The maximum absolute atomic E-state index is 12.7. The van der Waals surface area contributed by atoms with Crippen molar-refractivity contribution in [1.82, 2.24) is 5.32 Å². The maximum atomic E-state index is 12.7. The fourth-order valence-corrected chi connectivity index (χ4v) is 2.91. The van der Waals surface area contributed by atoms with Gasteiger partial charge in [-0.2, -0.15) is 13.2 Å². The molecule has 158 valence electrons. The molecule has 7 nitrogen and oxygen atoms in total. The smallest absolute Gasteiger partial charge is 0.405 e. The SMILES string of the molecule is CC(=O)N1CC(C(=O)Nc2cccc(C(=O)NCC(F)(F)F)c2)Oc2ccccc21. The van der Waals surface area contributed by atoms with Gasteiger partial charge in [0.1, 0.15) is 12.3 Å². The third kappa shape index (κ3) is 5.07. The minimum atomic E-state index is -4.53. The van der Waals surface area contributed by atoms with Gasteiger partial charge in [0, 0.05) is 18.2 Å². The predicted molar refractivity (Wildman–Crippen MR) is 102 cm³/mol. The van der Waals surface area contributed by atoms with E-state index in [0.717, 1.165) is 0 Å². The lowest BCUT2D eigenvalue weighted by Gasteiger charge is -2.33. The van der Waals surface area contributed by atoms with Crippen molar-refractivity contribution >= 4 is 29.1 Å². The zero-order valence-electron chi connectivity index (χ0n) is 15.8. The number of benzene rings is 2. The molecular formula is C20H18F3N3O4. The number of hydrogen-bond acceptors (Lipinski definition) is 4. The topological polar surface area (TPSA) is 87.7 Å². The number of hydrogen-bond donors (Lipinski definition) is 2. The number of amides is 3. The summed E-state index contributed by atoms with van der Waals surface area (Å²) in [7, 11) is 0. The second-order valence-corrected chi connectivity index (χ2v) is 6.57. The third-order valence-corrected chi connectivity index (χ3v) is 4.29. The highest BCUT2D eigenvalue weighted by atomic mass is 19.4. The summed E-state index contributed by atoms with van der Waals surface area (Å²) < 4.78 is 42.5. The van der Waals surface area contributed by atoms with E-state index in [1.165, 1.54) is 36.1 Å². The minimum Gasteiger partial charge on any atom is -0.476 e. The van der Waals surface area contributed by atoms with Crippen LogP contribution in [0.1, 0.15) is 17.3 Å². The summed E-state index contributed by atoms with van der Waals surface area (Å²) in [4.78, 5) is 37.9. The van der Waals surface area contributed by atoms with Gasteiger partial charge in [0.05, 0.1) is 12.2 Å². The molecule has 0 aromatic heterocycles. The van der Waals surface area contributed by atoms with Crippen molar-refractivity contribution in [1.29, 1.82) is 0 Å². The van der Waals surface area contributed by atoms with Crippen LogP contribution < -0.4 is 20.3 Å². The van der Waals surface area contributed by atoms with E-state index in [0.29, 0.717) is 11.4 Å². The van der Waals surface area contributed by atoms with Crippen LogP contribution in [0, 0.1) is 0 Å². The lowest BCUT2D eigenvalue weighted by molar-refractivity contribution is -0.124. The van der Waals surface area contributed by atoms with E-state index in [1.54, 1.807) is 29.6 Å². The van der Waals surface area contributed by atoms with Crippen molar-refractivity contribution < 1.29 is 32.3 Å². The molecule has 0 saturated carbocycles. The average Bonchev–Trinajstić information content (AvgIpc) is 2.70. The first kappa shape index (κ1) is 21.2. The van der Waals surface area contributed by atoms with Gasteiger partial charge in [0.2, 0.25) is 5.91 Å². The first-order valence-electron chi connectivity index (χ1n) is 8.94. The number of anilines is 2. The van der Waals surface area contributed by atoms with E-state index in [2.05, 4.69) is 5.32 Å². The fraction of sp³-hybridized carbons (Fsp3) is 0.250. The van der Waals surface area contributed by atoms with E-state index < -0.39 is 30.6 Å². The Balaban J connectivity index is 1.71. The Morgan fingerprint density at radius 3 is 2.57 bits per heavy atom. The van der Waals surface area contributed by atoms with Crippen molar-refractivity contribution in [2.24, 2.45) is 0 Å². The van der Waals surface area contributed by atoms with Crippen LogP contribution in [0.5, 0.6) is 5.75 Å². The van der Waals surface area contributed by atoms with Crippen LogP contribution >= 0.6 is 0 Å². The standard InChI is InChI=1S/C20H18F3N3O4/c1-12(27)26-10-17(30-16-8-3-2-7-15(16)26)19(29)25-14-6-4-5-13(9-14)18(28)24-11-20(21,22)23/h2-9,17H,10-11H2,1H3,(H,24,28)(H,25,29). The van der Waals surface area contributed by atoms with Gasteiger partial charge in [-0.1, -0.05) is 18.2 Å². The van der Waals surface area contributed by atoms with Crippen LogP contribution in [-0.2, 0) is 9.59 Å². The van der Waals surface area contributed by atoms with Gasteiger partial charge < -0.3 is 20.3 Å². The van der Waals surface area contributed by atoms with Crippen molar-refractivity contribution in [3.8, 4) is 5.75 Å². The van der Waals surface area contributed by atoms with Crippen LogP contribution in [-0.4, -0.2) is 43.1 Å². The molecule has 1 aliphatic rings. The largest absolute Gasteiger partial charge is 0.476 e. The third-order valence-electron chi connectivity index (χ3n) is 4.29. The average molecular weight is 421 g/mol. The lowest BCUT2D eigenvalue weighted by atomic mass is 10.1. The highest BCUT2D eigenvalue weighted by molar-refractivity contribution is 6.00. The van der Waals surface area contributed by atoms with Crippen LogP contribution in [0.25, 0.3) is 0 Å². The summed E-state index contributed by atoms with van der Waals surface area (Å²) in [5.41, 5.74) is 0.714. The molecule has 0 fully saturated rings. The number of fused-ring (bicyclic) bond motifs is 1. The first-order valence-corrected chi connectivity index (χ1v) is 8.94. The Hall–Kier alpha value is -3.56. The number of alkyl halides is 3. The molecule has 0 saturated heterocycles. The Labute approximate surface area is 169 Å². The number of para-hydroxylation sites is 2. The van der Waals surface area contributed by atoms with Crippen molar-refractivity contribution in [2.75, 3.05) is 23.3 Å². The first-order chi connectivity index (χ1) is 14.1. The minimum absolute atomic E-state index is 0.00998. The van der Waals surface area contributed by atoms with Crippen LogP contribution in [0.15, 0.2) is 48.5 Å². The summed E-state index contributed by atoms with van der Waals surface area (Å²) in [6.45, 7) is -0.0946. The number of nitrogens with zero attached hydrogens (tertiary/aromatic N) is 1. The number of rotatable bonds is 4. The quantitative estimate of drug-likeness (QED) is 0.795. The molecule has 1 aliphatic heterocycles. The molecule has 1 atom stereocenters. The van der Waals surface area contributed by atoms with Crippen LogP contribution in [0.2, 0.25) is 0 Å². The molecule has 2 aromatic rings. The number of carbonyl (C=O) groups is 3. The normalized spacial score (nSPS) is 15.6. The van der Waals surface area contributed by atoms with Gasteiger partial charge in [-0.3, -0.25) is 14.4 Å². The molecule has 0 spiro atoms. The lowest BCUT2D eigenvalue weighted by Crippen LogP contribution is -2.48. The summed E-state index contributed by atoms with van der Waals surface area (Å²) in [5.74, 6) is -1.37. The molecule has 1 unspecified atom stereocenters. The number of carbonyl (C=O) groups excluding carboxylic acids is 3.